The molecule has 0 atom stereocenters. The summed E-state index contributed by atoms with van der Waals surface area (Å²) in [6.07, 6.45) is 1.73. The Morgan fingerprint density at radius 2 is 2.04 bits per heavy atom. The van der Waals surface area contributed by atoms with Gasteiger partial charge in [0.1, 0.15) is 11.5 Å². The highest BCUT2D eigenvalue weighted by Gasteiger charge is 2.22. The molecule has 0 saturated carbocycles. The van der Waals surface area contributed by atoms with Crippen LogP contribution in [0.4, 0.5) is 10.9 Å². The van der Waals surface area contributed by atoms with Gasteiger partial charge in [0.25, 0.3) is 0 Å². The van der Waals surface area contributed by atoms with Gasteiger partial charge in [-0.3, -0.25) is 0 Å². The first-order valence-corrected chi connectivity index (χ1v) is 8.26. The van der Waals surface area contributed by atoms with Gasteiger partial charge in [0.2, 0.25) is 0 Å². The molecule has 0 aliphatic carbocycles. The maximum absolute atomic E-state index is 12.0. The van der Waals surface area contributed by atoms with Crippen molar-refractivity contribution in [1.82, 2.24) is 15.0 Å². The molecule has 132 valence electrons. The topological polar surface area (TPSA) is 79.9 Å². The maximum atomic E-state index is 12.0. The quantitative estimate of drug-likeness (QED) is 0.657. The average molecular weight is 379 g/mol. The van der Waals surface area contributed by atoms with Crippen LogP contribution in [0.2, 0.25) is 0 Å². The molecule has 25 heavy (non-hydrogen) atoms. The van der Waals surface area contributed by atoms with E-state index in [1.807, 2.05) is 39.0 Å². The number of halogens is 1. The molecule has 0 radical (unpaired) electrons. The molecule has 0 aromatic carbocycles. The maximum Gasteiger partial charge on any atom is 0.339 e. The van der Waals surface area contributed by atoms with Gasteiger partial charge in [0.15, 0.2) is 5.13 Å². The monoisotopic (exact) mass is 378 g/mol. The van der Waals surface area contributed by atoms with Gasteiger partial charge in [-0.05, 0) is 38.5 Å². The number of aromatic amines is 1. The normalized spacial score (nSPS) is 10.2. The molecule has 0 unspecified atom stereocenters. The summed E-state index contributed by atoms with van der Waals surface area (Å²) in [6.45, 7) is 5.76. The molecule has 2 N–H and O–H groups in total. The number of carbonyl (C=O) groups excluding carboxylic acids is 1. The predicted molar refractivity (Wildman–Crippen MR) is 102 cm³/mol. The lowest BCUT2D eigenvalue weighted by atomic mass is 10.1. The van der Waals surface area contributed by atoms with E-state index in [0.29, 0.717) is 5.56 Å². The lowest BCUT2D eigenvalue weighted by Gasteiger charge is -2.01. The number of ether oxygens (including phenoxy) is 1. The summed E-state index contributed by atoms with van der Waals surface area (Å²) in [5, 5.41) is 3.96. The number of anilines is 2. The second kappa shape index (κ2) is 7.67. The van der Waals surface area contributed by atoms with Gasteiger partial charge in [-0.2, -0.15) is 0 Å². The van der Waals surface area contributed by atoms with Gasteiger partial charge in [-0.25, -0.2) is 14.8 Å². The number of hydrogen-bond donors (Lipinski definition) is 2. The molecule has 3 aromatic rings. The fraction of sp³-hybridized carbons (Fsp3) is 0.235. The van der Waals surface area contributed by atoms with E-state index in [-0.39, 0.29) is 18.4 Å². The van der Waals surface area contributed by atoms with Gasteiger partial charge >= 0.3 is 5.97 Å². The molecule has 8 heteroatoms. The Kier molecular flexibility index (Phi) is 5.81. The molecular weight excluding hydrogens is 360 g/mol. The molecular formula is C17H19ClN4O2S. The number of pyridine rings is 1. The zero-order valence-electron chi connectivity index (χ0n) is 14.3. The number of aryl methyl sites for hydroxylation is 2. The summed E-state index contributed by atoms with van der Waals surface area (Å²) < 4.78 is 4.86. The van der Waals surface area contributed by atoms with Gasteiger partial charge in [0.05, 0.1) is 18.4 Å². The van der Waals surface area contributed by atoms with Crippen LogP contribution in [0.5, 0.6) is 0 Å². The van der Waals surface area contributed by atoms with E-state index in [0.717, 1.165) is 38.5 Å². The van der Waals surface area contributed by atoms with Gasteiger partial charge in [-0.15, -0.1) is 23.7 Å². The third-order valence-corrected chi connectivity index (χ3v) is 4.65. The van der Waals surface area contributed by atoms with Gasteiger partial charge in [-0.1, -0.05) is 6.07 Å². The van der Waals surface area contributed by atoms with Crippen molar-refractivity contribution in [3.8, 4) is 11.4 Å². The predicted octanol–water partition coefficient (Wildman–Crippen LogP) is 4.41. The van der Waals surface area contributed by atoms with E-state index in [1.54, 1.807) is 17.5 Å². The van der Waals surface area contributed by atoms with Crippen LogP contribution in [0.25, 0.3) is 11.4 Å². The fourth-order valence-electron chi connectivity index (χ4n) is 2.62. The third-order valence-electron chi connectivity index (χ3n) is 3.76. The number of rotatable bonds is 4. The molecule has 3 aromatic heterocycles. The Bertz CT molecular complexity index is 890. The van der Waals surface area contributed by atoms with E-state index >= 15 is 0 Å². The number of H-pyrrole nitrogens is 1. The zero-order chi connectivity index (χ0) is 17.3. The Hall–Kier alpha value is -2.38. The van der Waals surface area contributed by atoms with Crippen LogP contribution in [0.1, 0.15) is 26.5 Å². The van der Waals surface area contributed by atoms with Crippen molar-refractivity contribution in [3.63, 3.8) is 0 Å². The number of thiazole rings is 1. The molecule has 0 fully saturated rings. The van der Waals surface area contributed by atoms with E-state index in [9.17, 15) is 4.79 Å². The number of esters is 1. The largest absolute Gasteiger partial charge is 0.465 e. The fourth-order valence-corrected chi connectivity index (χ4v) is 3.45. The number of carbonyl (C=O) groups is 1. The molecule has 6 nitrogen and oxygen atoms in total. The first kappa shape index (κ1) is 19.0. The molecule has 0 amide bonds. The van der Waals surface area contributed by atoms with Crippen molar-refractivity contribution < 1.29 is 9.53 Å². The van der Waals surface area contributed by atoms with Crippen molar-refractivity contribution in [2.24, 2.45) is 0 Å². The van der Waals surface area contributed by atoms with E-state index in [4.69, 9.17) is 4.74 Å². The second-order valence-corrected chi connectivity index (χ2v) is 6.58. The summed E-state index contributed by atoms with van der Waals surface area (Å²) >= 11 is 1.54. The number of aromatic nitrogens is 3. The average Bonchev–Trinajstić information content (AvgIpc) is 3.07. The second-order valence-electron chi connectivity index (χ2n) is 5.38. The summed E-state index contributed by atoms with van der Waals surface area (Å²) in [6, 6.07) is 5.66. The number of hydrogen-bond acceptors (Lipinski definition) is 6. The highest BCUT2D eigenvalue weighted by molar-refractivity contribution is 7.16. The van der Waals surface area contributed by atoms with Crippen molar-refractivity contribution in [1.29, 1.82) is 0 Å². The van der Waals surface area contributed by atoms with Crippen LogP contribution in [-0.2, 0) is 4.74 Å². The molecule has 3 rings (SSSR count). The summed E-state index contributed by atoms with van der Waals surface area (Å²) in [5.74, 6) is 0.402. The minimum absolute atomic E-state index is 0. The molecule has 0 saturated heterocycles. The van der Waals surface area contributed by atoms with Crippen LogP contribution in [-0.4, -0.2) is 28.0 Å². The zero-order valence-corrected chi connectivity index (χ0v) is 16.0. The minimum atomic E-state index is -0.341. The molecule has 0 spiro atoms. The van der Waals surface area contributed by atoms with Crippen molar-refractivity contribution in [3.05, 3.63) is 46.1 Å². The van der Waals surface area contributed by atoms with Gasteiger partial charge < -0.3 is 15.0 Å². The number of nitrogens with one attached hydrogen (secondary N) is 2. The summed E-state index contributed by atoms with van der Waals surface area (Å²) in [5.41, 5.74) is 3.86. The summed E-state index contributed by atoms with van der Waals surface area (Å²) in [4.78, 5) is 25.2. The minimum Gasteiger partial charge on any atom is -0.465 e. The third kappa shape index (κ3) is 3.67. The van der Waals surface area contributed by atoms with Crippen LogP contribution in [0.3, 0.4) is 0 Å². The summed E-state index contributed by atoms with van der Waals surface area (Å²) in [7, 11) is 1.39. The first-order valence-electron chi connectivity index (χ1n) is 7.44. The van der Waals surface area contributed by atoms with Crippen LogP contribution >= 0.6 is 23.7 Å². The molecule has 3 heterocycles. The Labute approximate surface area is 156 Å². The van der Waals surface area contributed by atoms with Crippen LogP contribution < -0.4 is 5.32 Å². The Balaban J connectivity index is 0.00000225. The Morgan fingerprint density at radius 1 is 1.28 bits per heavy atom. The first-order chi connectivity index (χ1) is 11.5. The van der Waals surface area contributed by atoms with Crippen molar-refractivity contribution in [2.45, 2.75) is 20.8 Å². The van der Waals surface area contributed by atoms with Gasteiger partial charge in [0, 0.05) is 16.8 Å². The van der Waals surface area contributed by atoms with E-state index in [1.165, 1.54) is 7.11 Å². The number of methoxy groups -OCH3 is 1. The molecule has 0 aliphatic rings. The lowest BCUT2D eigenvalue weighted by Crippen LogP contribution is -2.03. The van der Waals surface area contributed by atoms with Crippen molar-refractivity contribution >= 4 is 40.7 Å². The highest BCUT2D eigenvalue weighted by Crippen LogP contribution is 2.34. The standard InChI is InChI=1S/C17H18N4O2S.ClH/c1-9-13(16(22)23-4)10(2)19-14(9)15-11(3)24-17(21-15)20-12-7-5-6-8-18-12;/h5-8,19H,1-4H3,(H,18,20,21);1H. The highest BCUT2D eigenvalue weighted by atomic mass is 35.5. The van der Waals surface area contributed by atoms with Crippen LogP contribution in [0.15, 0.2) is 24.4 Å². The number of nitrogens with zero attached hydrogens (tertiary/aromatic N) is 2. The van der Waals surface area contributed by atoms with Crippen LogP contribution in [0, 0.1) is 20.8 Å². The van der Waals surface area contributed by atoms with Crippen molar-refractivity contribution in [2.75, 3.05) is 12.4 Å². The Morgan fingerprint density at radius 3 is 2.68 bits per heavy atom. The van der Waals surface area contributed by atoms with E-state index in [2.05, 4.69) is 20.3 Å². The smallest absolute Gasteiger partial charge is 0.339 e. The SMILES string of the molecule is COC(=O)c1c(C)[nH]c(-c2nc(Nc3ccccn3)sc2C)c1C.Cl. The molecule has 0 aliphatic heterocycles. The lowest BCUT2D eigenvalue weighted by molar-refractivity contribution is 0.0599. The molecule has 0 bridgehead atoms. The van der Waals surface area contributed by atoms with E-state index < -0.39 is 0 Å².